The Bertz CT molecular complexity index is 990. The molecule has 0 aliphatic carbocycles. The average Bonchev–Trinajstić information content (AvgIpc) is 3.21. The fraction of sp³-hybridized carbons (Fsp3) is 0.286. The number of para-hydroxylation sites is 2. The highest BCUT2D eigenvalue weighted by Crippen LogP contribution is 2.34. The third kappa shape index (κ3) is 4.35. The summed E-state index contributed by atoms with van der Waals surface area (Å²) < 4.78 is 11.4. The molecule has 1 aliphatic heterocycles. The minimum atomic E-state index is -0.602. The minimum absolute atomic E-state index is 0.126. The van der Waals surface area contributed by atoms with Crippen LogP contribution in [0.3, 0.4) is 0 Å². The van der Waals surface area contributed by atoms with Crippen LogP contribution in [-0.4, -0.2) is 35.2 Å². The van der Waals surface area contributed by atoms with E-state index in [4.69, 9.17) is 20.9 Å². The molecule has 3 aromatic rings. The minimum Gasteiger partial charge on any atom is -0.477 e. The zero-order valence-corrected chi connectivity index (χ0v) is 16.7. The van der Waals surface area contributed by atoms with Gasteiger partial charge in [0.1, 0.15) is 5.75 Å². The Morgan fingerprint density at radius 2 is 2.03 bits per heavy atom. The van der Waals surface area contributed by atoms with Crippen LogP contribution in [0.25, 0.3) is 11.4 Å². The Balaban J connectivity index is 1.54. The van der Waals surface area contributed by atoms with Gasteiger partial charge < -0.3 is 19.5 Å². The van der Waals surface area contributed by atoms with Crippen molar-refractivity contribution in [1.82, 2.24) is 15.5 Å². The summed E-state index contributed by atoms with van der Waals surface area (Å²) in [6.45, 7) is 3.40. The molecule has 0 unspecified atom stereocenters. The van der Waals surface area contributed by atoms with E-state index < -0.39 is 6.10 Å². The Hall–Kier alpha value is -3.06. The van der Waals surface area contributed by atoms with Crippen LogP contribution >= 0.6 is 11.6 Å². The summed E-state index contributed by atoms with van der Waals surface area (Å²) in [6.07, 6.45) is 0.268. The molecule has 1 aromatic heterocycles. The van der Waals surface area contributed by atoms with Gasteiger partial charge in [-0.05, 0) is 42.8 Å². The second-order valence-electron chi connectivity index (χ2n) is 6.76. The van der Waals surface area contributed by atoms with Crippen LogP contribution in [0, 0.1) is 0 Å². The van der Waals surface area contributed by atoms with Gasteiger partial charge in [0.25, 0.3) is 5.91 Å². The molecule has 1 aliphatic rings. The number of nitrogens with zero attached hydrogens (tertiary/aromatic N) is 3. The van der Waals surface area contributed by atoms with Crippen molar-refractivity contribution in [2.24, 2.45) is 0 Å². The first-order valence-corrected chi connectivity index (χ1v) is 9.88. The molecule has 8 heteroatoms. The van der Waals surface area contributed by atoms with Gasteiger partial charge in [0.15, 0.2) is 6.10 Å². The predicted molar refractivity (Wildman–Crippen MR) is 110 cm³/mol. The van der Waals surface area contributed by atoms with Gasteiger partial charge in [-0.1, -0.05) is 35.8 Å². The Morgan fingerprint density at radius 1 is 1.24 bits per heavy atom. The molecule has 0 spiro atoms. The van der Waals surface area contributed by atoms with E-state index in [0.29, 0.717) is 42.1 Å². The lowest BCUT2D eigenvalue weighted by Crippen LogP contribution is -2.48. The molecule has 7 nitrogen and oxygen atoms in total. The van der Waals surface area contributed by atoms with E-state index in [1.807, 2.05) is 48.2 Å². The van der Waals surface area contributed by atoms with E-state index >= 15 is 0 Å². The van der Waals surface area contributed by atoms with Crippen molar-refractivity contribution >= 4 is 23.2 Å². The van der Waals surface area contributed by atoms with Gasteiger partial charge in [0.2, 0.25) is 11.7 Å². The Kier molecular flexibility index (Phi) is 5.67. The van der Waals surface area contributed by atoms with Crippen LogP contribution in [0.5, 0.6) is 5.75 Å². The summed E-state index contributed by atoms with van der Waals surface area (Å²) >= 11 is 5.94. The number of halogens is 1. The Morgan fingerprint density at radius 3 is 2.83 bits per heavy atom. The van der Waals surface area contributed by atoms with Crippen molar-refractivity contribution in [3.8, 4) is 17.1 Å². The van der Waals surface area contributed by atoms with E-state index in [1.165, 1.54) is 0 Å². The number of benzene rings is 2. The number of aromatic nitrogens is 2. The molecule has 1 amide bonds. The van der Waals surface area contributed by atoms with E-state index in [0.717, 1.165) is 17.7 Å². The van der Waals surface area contributed by atoms with Crippen LogP contribution in [0.4, 0.5) is 5.69 Å². The molecule has 1 N–H and O–H groups in total. The summed E-state index contributed by atoms with van der Waals surface area (Å²) in [7, 11) is 0. The highest BCUT2D eigenvalue weighted by molar-refractivity contribution is 6.30. The van der Waals surface area contributed by atoms with Gasteiger partial charge in [0, 0.05) is 17.1 Å². The summed E-state index contributed by atoms with van der Waals surface area (Å²) in [6, 6.07) is 14.9. The lowest BCUT2D eigenvalue weighted by atomic mass is 10.1. The lowest BCUT2D eigenvalue weighted by molar-refractivity contribution is -0.127. The zero-order valence-electron chi connectivity index (χ0n) is 16.0. The Labute approximate surface area is 173 Å². The SMILES string of the molecule is CCCNC(=O)[C@H]1CN(Cc2nc(-c3ccc(Cl)cc3)no2)c2ccccc2O1. The van der Waals surface area contributed by atoms with E-state index in [1.54, 1.807) is 12.1 Å². The molecule has 1 atom stereocenters. The van der Waals surface area contributed by atoms with Gasteiger partial charge in [-0.25, -0.2) is 0 Å². The molecule has 0 saturated heterocycles. The van der Waals surface area contributed by atoms with Gasteiger partial charge in [-0.2, -0.15) is 4.98 Å². The standard InChI is InChI=1S/C21H21ClN4O3/c1-2-11-23-21(27)18-12-26(16-5-3-4-6-17(16)28-18)13-19-24-20(25-29-19)14-7-9-15(22)10-8-14/h3-10,18H,2,11-13H2,1H3,(H,23,27)/t18-/m1/s1. The molecule has 0 saturated carbocycles. The van der Waals surface area contributed by atoms with Crippen LogP contribution in [0.15, 0.2) is 53.1 Å². The molecular formula is C21H21ClN4O3. The summed E-state index contributed by atoms with van der Waals surface area (Å²) in [4.78, 5) is 19.0. The number of carbonyl (C=O) groups is 1. The second kappa shape index (κ2) is 8.53. The number of rotatable bonds is 6. The predicted octanol–water partition coefficient (Wildman–Crippen LogP) is 3.68. The van der Waals surface area contributed by atoms with Gasteiger partial charge in [-0.3, -0.25) is 4.79 Å². The molecule has 0 radical (unpaired) electrons. The first-order chi connectivity index (χ1) is 14.1. The van der Waals surface area contributed by atoms with E-state index in [-0.39, 0.29) is 5.91 Å². The molecule has 0 bridgehead atoms. The first kappa shape index (κ1) is 19.3. The largest absolute Gasteiger partial charge is 0.477 e. The van der Waals surface area contributed by atoms with Crippen molar-refractivity contribution in [2.45, 2.75) is 26.0 Å². The maximum atomic E-state index is 12.5. The number of ether oxygens (including phenoxy) is 1. The zero-order chi connectivity index (χ0) is 20.2. The average molecular weight is 413 g/mol. The van der Waals surface area contributed by atoms with Crippen LogP contribution in [-0.2, 0) is 11.3 Å². The van der Waals surface area contributed by atoms with Crippen LogP contribution in [0.2, 0.25) is 5.02 Å². The molecular weight excluding hydrogens is 392 g/mol. The highest BCUT2D eigenvalue weighted by Gasteiger charge is 2.31. The maximum Gasteiger partial charge on any atom is 0.262 e. The smallest absolute Gasteiger partial charge is 0.262 e. The van der Waals surface area contributed by atoms with Crippen molar-refractivity contribution in [3.05, 3.63) is 59.4 Å². The quantitative estimate of drug-likeness (QED) is 0.665. The third-order valence-corrected chi connectivity index (χ3v) is 4.85. The number of carbonyl (C=O) groups excluding carboxylic acids is 1. The number of hydrogen-bond acceptors (Lipinski definition) is 6. The summed E-state index contributed by atoms with van der Waals surface area (Å²) in [5.74, 6) is 1.49. The monoisotopic (exact) mass is 412 g/mol. The van der Waals surface area contributed by atoms with Crippen LogP contribution < -0.4 is 15.0 Å². The maximum absolute atomic E-state index is 12.5. The topological polar surface area (TPSA) is 80.5 Å². The summed E-state index contributed by atoms with van der Waals surface area (Å²) in [5.41, 5.74) is 1.71. The van der Waals surface area contributed by atoms with Gasteiger partial charge >= 0.3 is 0 Å². The molecule has 2 aromatic carbocycles. The highest BCUT2D eigenvalue weighted by atomic mass is 35.5. The van der Waals surface area contributed by atoms with Crippen LogP contribution in [0.1, 0.15) is 19.2 Å². The van der Waals surface area contributed by atoms with E-state index in [2.05, 4.69) is 15.5 Å². The molecule has 4 rings (SSSR count). The van der Waals surface area contributed by atoms with Gasteiger partial charge in [-0.15, -0.1) is 0 Å². The lowest BCUT2D eigenvalue weighted by Gasteiger charge is -2.34. The molecule has 2 heterocycles. The van der Waals surface area contributed by atoms with Crippen molar-refractivity contribution in [2.75, 3.05) is 18.0 Å². The van der Waals surface area contributed by atoms with E-state index in [9.17, 15) is 4.79 Å². The number of anilines is 1. The fourth-order valence-corrected chi connectivity index (χ4v) is 3.28. The molecule has 0 fully saturated rings. The number of fused-ring (bicyclic) bond motifs is 1. The second-order valence-corrected chi connectivity index (χ2v) is 7.20. The number of amides is 1. The normalized spacial score (nSPS) is 15.5. The number of hydrogen-bond donors (Lipinski definition) is 1. The fourth-order valence-electron chi connectivity index (χ4n) is 3.15. The molecule has 29 heavy (non-hydrogen) atoms. The van der Waals surface area contributed by atoms with Gasteiger partial charge in [0.05, 0.1) is 18.8 Å². The number of nitrogens with one attached hydrogen (secondary N) is 1. The van der Waals surface area contributed by atoms with Crippen molar-refractivity contribution < 1.29 is 14.1 Å². The molecule has 150 valence electrons. The first-order valence-electron chi connectivity index (χ1n) is 9.51. The third-order valence-electron chi connectivity index (χ3n) is 4.60. The van der Waals surface area contributed by atoms with Crippen molar-refractivity contribution in [3.63, 3.8) is 0 Å². The summed E-state index contributed by atoms with van der Waals surface area (Å²) in [5, 5.41) is 7.61. The van der Waals surface area contributed by atoms with Crippen molar-refractivity contribution in [1.29, 1.82) is 0 Å².